The van der Waals surface area contributed by atoms with E-state index in [-0.39, 0.29) is 21.8 Å². The predicted octanol–water partition coefficient (Wildman–Crippen LogP) is 2.84. The topological polar surface area (TPSA) is 98.2 Å². The molecule has 35 heavy (non-hydrogen) atoms. The first-order chi connectivity index (χ1) is 16.7. The van der Waals surface area contributed by atoms with Gasteiger partial charge in [-0.3, -0.25) is 9.59 Å². The van der Waals surface area contributed by atoms with Crippen molar-refractivity contribution in [2.45, 2.75) is 30.2 Å². The van der Waals surface area contributed by atoms with Crippen LogP contribution in [-0.2, 0) is 19.6 Å². The number of hydrogen-bond donors (Lipinski definition) is 1. The number of sulfonamides is 1. The SMILES string of the molecule is CN(C)S(=O)(=O)c1ccc(/C(O)=C2\C(=O)C(=O)N(CCN3CCCCC3)[C@H]2c2ccccc2)cc1. The van der Waals surface area contributed by atoms with Crippen LogP contribution in [0.2, 0.25) is 0 Å². The molecule has 2 fully saturated rings. The molecule has 2 heterocycles. The molecule has 8 nitrogen and oxygen atoms in total. The van der Waals surface area contributed by atoms with E-state index in [1.54, 1.807) is 4.90 Å². The van der Waals surface area contributed by atoms with Gasteiger partial charge in [0.15, 0.2) is 0 Å². The Morgan fingerprint density at radius 3 is 2.17 bits per heavy atom. The highest BCUT2D eigenvalue weighted by molar-refractivity contribution is 7.89. The van der Waals surface area contributed by atoms with Crippen LogP contribution in [0, 0.1) is 0 Å². The molecule has 1 N–H and O–H groups in total. The summed E-state index contributed by atoms with van der Waals surface area (Å²) in [7, 11) is -0.759. The lowest BCUT2D eigenvalue weighted by Crippen LogP contribution is -2.39. The maximum absolute atomic E-state index is 13.2. The summed E-state index contributed by atoms with van der Waals surface area (Å²) >= 11 is 0. The van der Waals surface area contributed by atoms with Crippen molar-refractivity contribution in [3.8, 4) is 0 Å². The average molecular weight is 498 g/mol. The number of rotatable bonds is 7. The van der Waals surface area contributed by atoms with Gasteiger partial charge in [0.1, 0.15) is 5.76 Å². The Bertz CT molecular complexity index is 1220. The third-order valence-corrected chi connectivity index (χ3v) is 8.50. The molecule has 0 unspecified atom stereocenters. The second-order valence-electron chi connectivity index (χ2n) is 9.12. The van der Waals surface area contributed by atoms with E-state index in [4.69, 9.17) is 0 Å². The Morgan fingerprint density at radius 1 is 0.943 bits per heavy atom. The van der Waals surface area contributed by atoms with Crippen molar-refractivity contribution >= 4 is 27.5 Å². The second kappa shape index (κ2) is 10.3. The molecule has 186 valence electrons. The monoisotopic (exact) mass is 497 g/mol. The van der Waals surface area contributed by atoms with E-state index in [9.17, 15) is 23.1 Å². The van der Waals surface area contributed by atoms with Gasteiger partial charge in [-0.15, -0.1) is 0 Å². The van der Waals surface area contributed by atoms with E-state index in [2.05, 4.69) is 4.90 Å². The molecule has 2 aromatic rings. The highest BCUT2D eigenvalue weighted by Crippen LogP contribution is 2.39. The van der Waals surface area contributed by atoms with Crippen LogP contribution < -0.4 is 0 Å². The molecule has 0 spiro atoms. The Kier molecular flexibility index (Phi) is 7.39. The summed E-state index contributed by atoms with van der Waals surface area (Å²) < 4.78 is 25.9. The Morgan fingerprint density at radius 2 is 1.57 bits per heavy atom. The molecule has 0 bridgehead atoms. The normalized spacial score (nSPS) is 21.1. The minimum atomic E-state index is -3.64. The number of carbonyl (C=O) groups is 2. The van der Waals surface area contributed by atoms with Crippen molar-refractivity contribution in [3.05, 3.63) is 71.3 Å². The summed E-state index contributed by atoms with van der Waals surface area (Å²) in [5, 5.41) is 11.2. The first kappa shape index (κ1) is 25.1. The number of piperidine rings is 1. The number of aliphatic hydroxyl groups excluding tert-OH is 1. The van der Waals surface area contributed by atoms with Crippen molar-refractivity contribution in [2.75, 3.05) is 40.3 Å². The summed E-state index contributed by atoms with van der Waals surface area (Å²) in [5.74, 6) is -1.68. The van der Waals surface area contributed by atoms with Crippen molar-refractivity contribution in [2.24, 2.45) is 0 Å². The highest BCUT2D eigenvalue weighted by atomic mass is 32.2. The van der Waals surface area contributed by atoms with Gasteiger partial charge in [-0.25, -0.2) is 12.7 Å². The minimum Gasteiger partial charge on any atom is -0.507 e. The minimum absolute atomic E-state index is 0.0167. The van der Waals surface area contributed by atoms with Crippen LogP contribution in [-0.4, -0.2) is 79.6 Å². The zero-order valence-electron chi connectivity index (χ0n) is 20.1. The van der Waals surface area contributed by atoms with Gasteiger partial charge in [0.05, 0.1) is 16.5 Å². The Balaban J connectivity index is 1.71. The molecular weight excluding hydrogens is 466 g/mol. The first-order valence-corrected chi connectivity index (χ1v) is 13.2. The molecule has 2 aliphatic rings. The fraction of sp³-hybridized carbons (Fsp3) is 0.385. The number of hydrogen-bond acceptors (Lipinski definition) is 6. The standard InChI is InChI=1S/C26H31N3O5S/c1-27(2)35(33,34)21-13-11-20(12-14-21)24(30)22-23(19-9-5-3-6-10-19)29(26(32)25(22)31)18-17-28-15-7-4-8-16-28/h3,5-6,9-14,23,30H,4,7-8,15-18H2,1-2H3/b24-22+/t23-/m0/s1. The smallest absolute Gasteiger partial charge is 0.295 e. The lowest BCUT2D eigenvalue weighted by atomic mass is 9.95. The molecule has 1 amide bonds. The quantitative estimate of drug-likeness (QED) is 0.359. The van der Waals surface area contributed by atoms with Crippen molar-refractivity contribution in [1.82, 2.24) is 14.1 Å². The van der Waals surface area contributed by atoms with Gasteiger partial charge in [0, 0.05) is 32.7 Å². The van der Waals surface area contributed by atoms with Gasteiger partial charge in [0.25, 0.3) is 11.7 Å². The first-order valence-electron chi connectivity index (χ1n) is 11.8. The van der Waals surface area contributed by atoms with Crippen LogP contribution in [0.15, 0.2) is 65.1 Å². The maximum atomic E-state index is 13.2. The van der Waals surface area contributed by atoms with Crippen molar-refractivity contribution in [3.63, 3.8) is 0 Å². The van der Waals surface area contributed by atoms with Crippen LogP contribution in [0.1, 0.15) is 36.4 Å². The fourth-order valence-electron chi connectivity index (χ4n) is 4.68. The number of amides is 1. The average Bonchev–Trinajstić information content (AvgIpc) is 3.13. The number of aliphatic hydroxyl groups is 1. The number of likely N-dealkylation sites (tertiary alicyclic amines) is 2. The van der Waals surface area contributed by atoms with Crippen LogP contribution in [0.5, 0.6) is 0 Å². The summed E-state index contributed by atoms with van der Waals surface area (Å²) in [6.07, 6.45) is 3.46. The maximum Gasteiger partial charge on any atom is 0.295 e. The third kappa shape index (κ3) is 5.03. The van der Waals surface area contributed by atoms with E-state index in [0.29, 0.717) is 13.1 Å². The lowest BCUT2D eigenvalue weighted by Gasteiger charge is -2.31. The molecule has 0 saturated carbocycles. The molecule has 2 saturated heterocycles. The second-order valence-corrected chi connectivity index (χ2v) is 11.3. The highest BCUT2D eigenvalue weighted by Gasteiger charge is 2.46. The van der Waals surface area contributed by atoms with E-state index >= 15 is 0 Å². The Hall–Kier alpha value is -3.01. The van der Waals surface area contributed by atoms with Gasteiger partial charge in [-0.2, -0.15) is 0 Å². The number of Topliss-reactive ketones (excluding diaryl/α,β-unsaturated/α-hetero) is 1. The number of nitrogens with zero attached hydrogens (tertiary/aromatic N) is 3. The fourth-order valence-corrected chi connectivity index (χ4v) is 5.58. The zero-order valence-corrected chi connectivity index (χ0v) is 20.9. The molecule has 1 atom stereocenters. The molecular formula is C26H31N3O5S. The number of carbonyl (C=O) groups excluding carboxylic acids is 2. The predicted molar refractivity (Wildman–Crippen MR) is 133 cm³/mol. The van der Waals surface area contributed by atoms with E-state index in [1.807, 2.05) is 30.3 Å². The van der Waals surface area contributed by atoms with Gasteiger partial charge < -0.3 is 14.9 Å². The molecule has 0 radical (unpaired) electrons. The van der Waals surface area contributed by atoms with Crippen LogP contribution in [0.3, 0.4) is 0 Å². The van der Waals surface area contributed by atoms with E-state index < -0.39 is 27.8 Å². The molecule has 9 heteroatoms. The molecule has 2 aliphatic heterocycles. The molecule has 0 aromatic heterocycles. The summed E-state index contributed by atoms with van der Waals surface area (Å²) in [6.45, 7) is 2.98. The number of benzene rings is 2. The van der Waals surface area contributed by atoms with E-state index in [1.165, 1.54) is 44.8 Å². The van der Waals surface area contributed by atoms with Crippen LogP contribution >= 0.6 is 0 Å². The number of ketones is 1. The van der Waals surface area contributed by atoms with Gasteiger partial charge >= 0.3 is 0 Å². The third-order valence-electron chi connectivity index (χ3n) is 6.67. The largest absolute Gasteiger partial charge is 0.507 e. The summed E-state index contributed by atoms with van der Waals surface area (Å²) in [4.78, 5) is 30.2. The lowest BCUT2D eigenvalue weighted by molar-refractivity contribution is -0.140. The summed E-state index contributed by atoms with van der Waals surface area (Å²) in [6, 6.07) is 14.2. The van der Waals surface area contributed by atoms with Crippen LogP contribution in [0.4, 0.5) is 0 Å². The molecule has 0 aliphatic carbocycles. The van der Waals surface area contributed by atoms with Gasteiger partial charge in [0.2, 0.25) is 10.0 Å². The summed E-state index contributed by atoms with van der Waals surface area (Å²) in [5.41, 5.74) is 1.03. The molecule has 4 rings (SSSR count). The van der Waals surface area contributed by atoms with Crippen molar-refractivity contribution < 1.29 is 23.1 Å². The van der Waals surface area contributed by atoms with E-state index in [0.717, 1.165) is 35.8 Å². The van der Waals surface area contributed by atoms with Crippen molar-refractivity contribution in [1.29, 1.82) is 0 Å². The molecule has 2 aromatic carbocycles. The Labute approximate surface area is 206 Å². The van der Waals surface area contributed by atoms with Crippen LogP contribution in [0.25, 0.3) is 5.76 Å². The van der Waals surface area contributed by atoms with Gasteiger partial charge in [-0.1, -0.05) is 36.8 Å². The zero-order chi connectivity index (χ0) is 25.2. The van der Waals surface area contributed by atoms with Gasteiger partial charge in [-0.05, 0) is 55.8 Å².